The van der Waals surface area contributed by atoms with E-state index in [0.717, 1.165) is 23.9 Å². The van der Waals surface area contributed by atoms with Crippen LogP contribution in [-0.4, -0.2) is 24.3 Å². The molecule has 1 saturated heterocycles. The summed E-state index contributed by atoms with van der Waals surface area (Å²) in [4.78, 5) is 11.9. The smallest absolute Gasteiger partial charge is 0.407 e. The number of nitrogens with one attached hydrogen (secondary N) is 2. The van der Waals surface area contributed by atoms with Gasteiger partial charge >= 0.3 is 6.09 Å². The van der Waals surface area contributed by atoms with Crippen molar-refractivity contribution in [3.05, 3.63) is 34.3 Å². The minimum absolute atomic E-state index is 0.137. The molecule has 2 unspecified atom stereocenters. The SMILES string of the molecule is CC(C)(C)OC(=O)NC1CCNC(c2ccccc2Br)C1. The summed E-state index contributed by atoms with van der Waals surface area (Å²) in [6.45, 7) is 6.50. The highest BCUT2D eigenvalue weighted by molar-refractivity contribution is 9.10. The van der Waals surface area contributed by atoms with Gasteiger partial charge in [-0.15, -0.1) is 0 Å². The van der Waals surface area contributed by atoms with Crippen LogP contribution in [0.1, 0.15) is 45.2 Å². The van der Waals surface area contributed by atoms with Crippen molar-refractivity contribution in [2.24, 2.45) is 0 Å². The number of rotatable bonds is 2. The van der Waals surface area contributed by atoms with Gasteiger partial charge in [-0.2, -0.15) is 0 Å². The van der Waals surface area contributed by atoms with Crippen LogP contribution < -0.4 is 10.6 Å². The van der Waals surface area contributed by atoms with Crippen molar-refractivity contribution in [3.63, 3.8) is 0 Å². The zero-order valence-electron chi connectivity index (χ0n) is 12.8. The Morgan fingerprint density at radius 1 is 1.38 bits per heavy atom. The first kappa shape index (κ1) is 16.3. The van der Waals surface area contributed by atoms with Crippen molar-refractivity contribution in [2.45, 2.75) is 51.3 Å². The van der Waals surface area contributed by atoms with E-state index in [4.69, 9.17) is 4.74 Å². The fourth-order valence-electron chi connectivity index (χ4n) is 2.52. The van der Waals surface area contributed by atoms with Crippen LogP contribution in [-0.2, 0) is 4.74 Å². The van der Waals surface area contributed by atoms with Crippen LogP contribution in [0.2, 0.25) is 0 Å². The van der Waals surface area contributed by atoms with Crippen LogP contribution in [0.4, 0.5) is 4.79 Å². The number of ether oxygens (including phenoxy) is 1. The summed E-state index contributed by atoms with van der Waals surface area (Å²) in [7, 11) is 0. The summed E-state index contributed by atoms with van der Waals surface area (Å²) < 4.78 is 6.42. The molecule has 1 aliphatic heterocycles. The maximum absolute atomic E-state index is 11.9. The summed E-state index contributed by atoms with van der Waals surface area (Å²) in [5.74, 6) is 0. The standard InChI is InChI=1S/C16H23BrN2O2/c1-16(2,3)21-15(20)19-11-8-9-18-14(10-11)12-6-4-5-7-13(12)17/h4-7,11,14,18H,8-10H2,1-3H3,(H,19,20). The van der Waals surface area contributed by atoms with E-state index in [9.17, 15) is 4.79 Å². The van der Waals surface area contributed by atoms with Gasteiger partial charge in [-0.1, -0.05) is 34.1 Å². The van der Waals surface area contributed by atoms with Crippen molar-refractivity contribution in [1.29, 1.82) is 0 Å². The third-order valence-corrected chi connectivity index (χ3v) is 4.13. The van der Waals surface area contributed by atoms with E-state index in [0.29, 0.717) is 0 Å². The molecule has 1 aliphatic rings. The third-order valence-electron chi connectivity index (χ3n) is 3.41. The van der Waals surface area contributed by atoms with Crippen molar-refractivity contribution in [2.75, 3.05) is 6.54 Å². The lowest BCUT2D eigenvalue weighted by Gasteiger charge is -2.32. The average molecular weight is 355 g/mol. The summed E-state index contributed by atoms with van der Waals surface area (Å²) in [6, 6.07) is 8.58. The van der Waals surface area contributed by atoms with E-state index in [2.05, 4.69) is 32.6 Å². The molecule has 1 fully saturated rings. The van der Waals surface area contributed by atoms with E-state index in [-0.39, 0.29) is 18.2 Å². The first-order chi connectivity index (χ1) is 9.85. The minimum Gasteiger partial charge on any atom is -0.444 e. The third kappa shape index (κ3) is 5.00. The molecule has 1 aromatic rings. The van der Waals surface area contributed by atoms with Gasteiger partial charge in [0, 0.05) is 16.6 Å². The first-order valence-corrected chi connectivity index (χ1v) is 8.12. The van der Waals surface area contributed by atoms with Crippen LogP contribution in [0, 0.1) is 0 Å². The number of alkyl carbamates (subject to hydrolysis) is 1. The topological polar surface area (TPSA) is 50.4 Å². The van der Waals surface area contributed by atoms with Gasteiger partial charge < -0.3 is 15.4 Å². The Balaban J connectivity index is 1.95. The normalized spacial score (nSPS) is 22.7. The molecular weight excluding hydrogens is 332 g/mol. The molecule has 2 N–H and O–H groups in total. The number of piperidine rings is 1. The molecular formula is C16H23BrN2O2. The summed E-state index contributed by atoms with van der Waals surface area (Å²) >= 11 is 3.59. The van der Waals surface area contributed by atoms with Gasteiger partial charge in [0.05, 0.1) is 0 Å². The second-order valence-corrected chi connectivity index (χ2v) is 7.25. The predicted octanol–water partition coefficient (Wildman–Crippen LogP) is 3.77. The molecule has 2 rings (SSSR count). The largest absolute Gasteiger partial charge is 0.444 e. The molecule has 1 amide bonds. The Bertz CT molecular complexity index is 499. The fraction of sp³-hybridized carbons (Fsp3) is 0.562. The van der Waals surface area contributed by atoms with Gasteiger partial charge in [-0.05, 0) is 51.8 Å². The lowest BCUT2D eigenvalue weighted by molar-refractivity contribution is 0.0490. The van der Waals surface area contributed by atoms with Gasteiger partial charge in [0.1, 0.15) is 5.60 Å². The molecule has 4 nitrogen and oxygen atoms in total. The van der Waals surface area contributed by atoms with Crippen LogP contribution in [0.15, 0.2) is 28.7 Å². The second-order valence-electron chi connectivity index (χ2n) is 6.40. The number of hydrogen-bond acceptors (Lipinski definition) is 3. The average Bonchev–Trinajstić information content (AvgIpc) is 2.37. The van der Waals surface area contributed by atoms with Gasteiger partial charge in [-0.25, -0.2) is 4.79 Å². The number of benzene rings is 1. The number of amides is 1. The molecule has 0 aliphatic carbocycles. The maximum atomic E-state index is 11.9. The summed E-state index contributed by atoms with van der Waals surface area (Å²) in [6.07, 6.45) is 1.45. The van der Waals surface area contributed by atoms with Gasteiger partial charge in [0.15, 0.2) is 0 Å². The Morgan fingerprint density at radius 2 is 2.10 bits per heavy atom. The molecule has 0 saturated carbocycles. The monoisotopic (exact) mass is 354 g/mol. The Morgan fingerprint density at radius 3 is 2.76 bits per heavy atom. The molecule has 1 aromatic carbocycles. The quantitative estimate of drug-likeness (QED) is 0.849. The fourth-order valence-corrected chi connectivity index (χ4v) is 3.08. The zero-order valence-corrected chi connectivity index (χ0v) is 14.4. The van der Waals surface area contributed by atoms with Crippen molar-refractivity contribution < 1.29 is 9.53 Å². The number of halogens is 1. The van der Waals surface area contributed by atoms with Crippen molar-refractivity contribution >= 4 is 22.0 Å². The molecule has 21 heavy (non-hydrogen) atoms. The number of carbonyl (C=O) groups excluding carboxylic acids is 1. The Labute approximate surface area is 134 Å². The minimum atomic E-state index is -0.459. The Hall–Kier alpha value is -1.07. The lowest BCUT2D eigenvalue weighted by Crippen LogP contribution is -2.45. The summed E-state index contributed by atoms with van der Waals surface area (Å²) in [5.41, 5.74) is 0.770. The van der Waals surface area contributed by atoms with E-state index in [1.165, 1.54) is 5.56 Å². The molecule has 0 bridgehead atoms. The van der Waals surface area contributed by atoms with Crippen LogP contribution >= 0.6 is 15.9 Å². The number of carbonyl (C=O) groups is 1. The van der Waals surface area contributed by atoms with Crippen molar-refractivity contribution in [1.82, 2.24) is 10.6 Å². The van der Waals surface area contributed by atoms with Gasteiger partial charge in [-0.3, -0.25) is 0 Å². The van der Waals surface area contributed by atoms with Crippen LogP contribution in [0.3, 0.4) is 0 Å². The van der Waals surface area contributed by atoms with Gasteiger partial charge in [0.25, 0.3) is 0 Å². The highest BCUT2D eigenvalue weighted by atomic mass is 79.9. The molecule has 116 valence electrons. The molecule has 2 atom stereocenters. The molecule has 0 spiro atoms. The molecule has 0 radical (unpaired) electrons. The predicted molar refractivity (Wildman–Crippen MR) is 87.3 cm³/mol. The second kappa shape index (κ2) is 6.79. The van der Waals surface area contributed by atoms with E-state index >= 15 is 0 Å². The van der Waals surface area contributed by atoms with Crippen LogP contribution in [0.25, 0.3) is 0 Å². The number of hydrogen-bond donors (Lipinski definition) is 2. The highest BCUT2D eigenvalue weighted by Crippen LogP contribution is 2.29. The highest BCUT2D eigenvalue weighted by Gasteiger charge is 2.26. The van der Waals surface area contributed by atoms with Crippen LogP contribution in [0.5, 0.6) is 0 Å². The van der Waals surface area contributed by atoms with E-state index < -0.39 is 5.60 Å². The van der Waals surface area contributed by atoms with E-state index in [1.807, 2.05) is 39.0 Å². The lowest BCUT2D eigenvalue weighted by atomic mass is 9.94. The zero-order chi connectivity index (χ0) is 15.5. The first-order valence-electron chi connectivity index (χ1n) is 7.32. The Kier molecular flexibility index (Phi) is 5.27. The summed E-state index contributed by atoms with van der Waals surface area (Å²) in [5, 5.41) is 6.48. The van der Waals surface area contributed by atoms with Crippen molar-refractivity contribution in [3.8, 4) is 0 Å². The van der Waals surface area contributed by atoms with E-state index in [1.54, 1.807) is 0 Å². The van der Waals surface area contributed by atoms with Gasteiger partial charge in [0.2, 0.25) is 0 Å². The molecule has 0 aromatic heterocycles. The molecule has 5 heteroatoms. The molecule has 1 heterocycles. The maximum Gasteiger partial charge on any atom is 0.407 e.